The zero-order chi connectivity index (χ0) is 15.0. The van der Waals surface area contributed by atoms with Crippen molar-refractivity contribution in [2.75, 3.05) is 25.5 Å². The molecular formula is C14H19ClN2O3. The molecule has 0 aromatic heterocycles. The fourth-order valence-electron chi connectivity index (χ4n) is 1.69. The van der Waals surface area contributed by atoms with Crippen molar-refractivity contribution >= 4 is 29.2 Å². The van der Waals surface area contributed by atoms with Crippen LogP contribution in [0.4, 0.5) is 5.69 Å². The molecule has 0 fully saturated rings. The van der Waals surface area contributed by atoms with Crippen molar-refractivity contribution in [1.29, 1.82) is 0 Å². The zero-order valence-corrected chi connectivity index (χ0v) is 12.2. The molecule has 1 aromatic rings. The van der Waals surface area contributed by atoms with E-state index < -0.39 is 5.97 Å². The highest BCUT2D eigenvalue weighted by atomic mass is 35.5. The second-order valence-corrected chi connectivity index (χ2v) is 5.05. The molecule has 2 N–H and O–H groups in total. The summed E-state index contributed by atoms with van der Waals surface area (Å²) in [6.07, 6.45) is 1.09. The first-order chi connectivity index (χ1) is 9.47. The van der Waals surface area contributed by atoms with Gasteiger partial charge >= 0.3 is 5.97 Å². The van der Waals surface area contributed by atoms with Gasteiger partial charge in [-0.2, -0.15) is 0 Å². The lowest BCUT2D eigenvalue weighted by Gasteiger charge is -2.15. The number of benzene rings is 1. The lowest BCUT2D eigenvalue weighted by atomic mass is 10.2. The Kier molecular flexibility index (Phi) is 7.04. The molecule has 0 aliphatic heterocycles. The van der Waals surface area contributed by atoms with Gasteiger partial charge in [-0.3, -0.25) is 9.59 Å². The molecule has 1 aromatic carbocycles. The first-order valence-electron chi connectivity index (χ1n) is 6.43. The summed E-state index contributed by atoms with van der Waals surface area (Å²) in [6.45, 7) is 1.25. The molecule has 0 bridgehead atoms. The minimum Gasteiger partial charge on any atom is -0.481 e. The molecule has 1 rings (SSSR count). The molecule has 0 heterocycles. The number of carboxylic acids is 1. The van der Waals surface area contributed by atoms with E-state index in [4.69, 9.17) is 16.7 Å². The van der Waals surface area contributed by atoms with Gasteiger partial charge in [-0.1, -0.05) is 17.7 Å². The van der Waals surface area contributed by atoms with Crippen molar-refractivity contribution in [3.63, 3.8) is 0 Å². The number of amides is 1. The largest absolute Gasteiger partial charge is 0.481 e. The third-order valence-corrected chi connectivity index (χ3v) is 2.99. The number of carbonyl (C=O) groups is 2. The molecule has 0 spiro atoms. The smallest absolute Gasteiger partial charge is 0.303 e. The summed E-state index contributed by atoms with van der Waals surface area (Å²) in [6, 6.07) is 6.99. The van der Waals surface area contributed by atoms with Crippen LogP contribution in [-0.4, -0.2) is 42.0 Å². The summed E-state index contributed by atoms with van der Waals surface area (Å²) in [4.78, 5) is 24.1. The first-order valence-corrected chi connectivity index (χ1v) is 6.81. The second kappa shape index (κ2) is 8.55. The molecule has 6 heteroatoms. The van der Waals surface area contributed by atoms with Crippen LogP contribution in [0.1, 0.15) is 19.3 Å². The number of hydrogen-bond acceptors (Lipinski definition) is 3. The Morgan fingerprint density at radius 3 is 2.70 bits per heavy atom. The monoisotopic (exact) mass is 298 g/mol. The lowest BCUT2D eigenvalue weighted by molar-refractivity contribution is -0.137. The third kappa shape index (κ3) is 7.11. The van der Waals surface area contributed by atoms with Gasteiger partial charge in [0, 0.05) is 30.1 Å². The average molecular weight is 299 g/mol. The van der Waals surface area contributed by atoms with E-state index >= 15 is 0 Å². The van der Waals surface area contributed by atoms with Gasteiger partial charge in [-0.05, 0) is 38.2 Å². The van der Waals surface area contributed by atoms with Gasteiger partial charge in [0.05, 0.1) is 0 Å². The SMILES string of the molecule is CN(CCCC(=O)O)CCC(=O)Nc1cccc(Cl)c1. The van der Waals surface area contributed by atoms with Crippen LogP contribution in [0.25, 0.3) is 0 Å². The van der Waals surface area contributed by atoms with E-state index in [1.54, 1.807) is 24.3 Å². The van der Waals surface area contributed by atoms with Gasteiger partial charge in [0.2, 0.25) is 5.91 Å². The Bertz CT molecular complexity index is 465. The third-order valence-electron chi connectivity index (χ3n) is 2.76. The molecule has 0 aliphatic rings. The van der Waals surface area contributed by atoms with E-state index in [1.165, 1.54) is 0 Å². The maximum absolute atomic E-state index is 11.7. The number of nitrogens with zero attached hydrogens (tertiary/aromatic N) is 1. The number of halogens is 1. The van der Waals surface area contributed by atoms with Crippen molar-refractivity contribution < 1.29 is 14.7 Å². The molecule has 0 atom stereocenters. The highest BCUT2D eigenvalue weighted by molar-refractivity contribution is 6.30. The van der Waals surface area contributed by atoms with Crippen LogP contribution in [0.3, 0.4) is 0 Å². The number of nitrogens with one attached hydrogen (secondary N) is 1. The van der Waals surface area contributed by atoms with E-state index in [0.717, 1.165) is 0 Å². The summed E-state index contributed by atoms with van der Waals surface area (Å²) in [5, 5.41) is 11.9. The molecule has 0 saturated heterocycles. The normalized spacial score (nSPS) is 10.6. The van der Waals surface area contributed by atoms with Gasteiger partial charge < -0.3 is 15.3 Å². The predicted molar refractivity (Wildman–Crippen MR) is 79.1 cm³/mol. The van der Waals surface area contributed by atoms with Crippen LogP contribution in [0.5, 0.6) is 0 Å². The summed E-state index contributed by atoms with van der Waals surface area (Å²) in [5.41, 5.74) is 0.677. The number of rotatable bonds is 8. The minimum atomic E-state index is -0.794. The van der Waals surface area contributed by atoms with Crippen LogP contribution in [0.15, 0.2) is 24.3 Å². The minimum absolute atomic E-state index is 0.0858. The number of carbonyl (C=O) groups excluding carboxylic acids is 1. The summed E-state index contributed by atoms with van der Waals surface area (Å²) in [7, 11) is 1.87. The molecule has 0 unspecified atom stereocenters. The van der Waals surface area contributed by atoms with E-state index in [1.807, 2.05) is 11.9 Å². The number of hydrogen-bond donors (Lipinski definition) is 2. The van der Waals surface area contributed by atoms with Gasteiger partial charge in [-0.15, -0.1) is 0 Å². The maximum atomic E-state index is 11.7. The molecule has 0 saturated carbocycles. The van der Waals surface area contributed by atoms with E-state index in [-0.39, 0.29) is 12.3 Å². The van der Waals surface area contributed by atoms with Crippen LogP contribution in [0.2, 0.25) is 5.02 Å². The van der Waals surface area contributed by atoms with Crippen molar-refractivity contribution in [2.45, 2.75) is 19.3 Å². The molecule has 5 nitrogen and oxygen atoms in total. The topological polar surface area (TPSA) is 69.6 Å². The van der Waals surface area contributed by atoms with Crippen LogP contribution < -0.4 is 5.32 Å². The first kappa shape index (κ1) is 16.5. The van der Waals surface area contributed by atoms with E-state index in [0.29, 0.717) is 36.6 Å². The number of aliphatic carboxylic acids is 1. The van der Waals surface area contributed by atoms with E-state index in [2.05, 4.69) is 5.32 Å². The highest BCUT2D eigenvalue weighted by Crippen LogP contribution is 2.14. The van der Waals surface area contributed by atoms with Gasteiger partial charge in [0.1, 0.15) is 0 Å². The van der Waals surface area contributed by atoms with Gasteiger partial charge in [0.25, 0.3) is 0 Å². The quantitative estimate of drug-likeness (QED) is 0.773. The Morgan fingerprint density at radius 2 is 2.05 bits per heavy atom. The molecule has 20 heavy (non-hydrogen) atoms. The van der Waals surface area contributed by atoms with E-state index in [9.17, 15) is 9.59 Å². The standard InChI is InChI=1S/C14H19ClN2O3/c1-17(8-3-6-14(19)20)9-7-13(18)16-12-5-2-4-11(15)10-12/h2,4-5,10H,3,6-9H2,1H3,(H,16,18)(H,19,20). The number of carboxylic acid groups (broad SMARTS) is 1. The van der Waals surface area contributed by atoms with Crippen molar-refractivity contribution in [3.8, 4) is 0 Å². The second-order valence-electron chi connectivity index (χ2n) is 4.61. The highest BCUT2D eigenvalue weighted by Gasteiger charge is 2.06. The van der Waals surface area contributed by atoms with Crippen molar-refractivity contribution in [1.82, 2.24) is 4.90 Å². The van der Waals surface area contributed by atoms with Crippen LogP contribution >= 0.6 is 11.6 Å². The summed E-state index contributed by atoms with van der Waals surface area (Å²) >= 11 is 5.83. The van der Waals surface area contributed by atoms with Crippen molar-refractivity contribution in [3.05, 3.63) is 29.3 Å². The molecular weight excluding hydrogens is 280 g/mol. The zero-order valence-electron chi connectivity index (χ0n) is 11.4. The van der Waals surface area contributed by atoms with Crippen molar-refractivity contribution in [2.24, 2.45) is 0 Å². The Morgan fingerprint density at radius 1 is 1.30 bits per heavy atom. The molecule has 1 amide bonds. The Balaban J connectivity index is 2.24. The summed E-state index contributed by atoms with van der Waals surface area (Å²) in [5.74, 6) is -0.880. The molecule has 0 aliphatic carbocycles. The Hall–Kier alpha value is -1.59. The molecule has 0 radical (unpaired) electrons. The predicted octanol–water partition coefficient (Wildman–Crippen LogP) is 2.47. The molecule has 110 valence electrons. The maximum Gasteiger partial charge on any atom is 0.303 e. The lowest BCUT2D eigenvalue weighted by Crippen LogP contribution is -2.25. The van der Waals surface area contributed by atoms with Crippen LogP contribution in [0, 0.1) is 0 Å². The Labute approximate surface area is 123 Å². The average Bonchev–Trinajstić information content (AvgIpc) is 2.36. The fraction of sp³-hybridized carbons (Fsp3) is 0.429. The van der Waals surface area contributed by atoms with Gasteiger partial charge in [-0.25, -0.2) is 0 Å². The van der Waals surface area contributed by atoms with Gasteiger partial charge in [0.15, 0.2) is 0 Å². The fourth-order valence-corrected chi connectivity index (χ4v) is 1.88. The number of anilines is 1. The summed E-state index contributed by atoms with van der Waals surface area (Å²) < 4.78 is 0. The van der Waals surface area contributed by atoms with Crippen LogP contribution in [-0.2, 0) is 9.59 Å².